The van der Waals surface area contributed by atoms with Crippen molar-refractivity contribution in [3.63, 3.8) is 0 Å². The SMILES string of the molecule is [C-]#[N+]c1cccc(-c2ccc(-c3nc(-c4ccccc4)nc(-c4cccc(-c5ccc6c(c5)Oc5ccccc5C6(c5ccccc5)c5ccccc5)c4)n3)cc2)c1. The molecule has 0 amide bonds. The fourth-order valence-corrected chi connectivity index (χ4v) is 8.15. The van der Waals surface area contributed by atoms with Crippen molar-refractivity contribution >= 4 is 5.69 Å². The molecule has 8 aromatic carbocycles. The molecule has 5 heteroatoms. The third kappa shape index (κ3) is 6.10. The van der Waals surface area contributed by atoms with Gasteiger partial charge in [-0.15, -0.1) is 0 Å². The van der Waals surface area contributed by atoms with Crippen LogP contribution in [0.3, 0.4) is 0 Å². The van der Waals surface area contributed by atoms with Gasteiger partial charge in [-0.25, -0.2) is 19.8 Å². The summed E-state index contributed by atoms with van der Waals surface area (Å²) in [5.74, 6) is 3.40. The predicted octanol–water partition coefficient (Wildman–Crippen LogP) is 13.2. The number of hydrogen-bond donors (Lipinski definition) is 0. The van der Waals surface area contributed by atoms with Crippen LogP contribution in [0.5, 0.6) is 11.5 Å². The number of fused-ring (bicyclic) bond motifs is 2. The Hall–Kier alpha value is -7.94. The van der Waals surface area contributed by atoms with Crippen LogP contribution in [0.2, 0.25) is 0 Å². The van der Waals surface area contributed by atoms with E-state index in [1.54, 1.807) is 0 Å². The number of benzene rings is 8. The Morgan fingerprint density at radius 3 is 1.50 bits per heavy atom. The standard InChI is InChI=1S/C53H34N4O/c1-54-45-24-14-18-40(34-45)36-27-29-38(30-28-36)51-55-50(37-15-5-2-6-16-37)56-52(57-51)42-19-13-17-39(33-42)41-31-32-47-49(35-41)58-48-26-12-11-25-46(48)53(47,43-20-7-3-8-21-43)44-22-9-4-10-23-44/h2-35H. The molecule has 1 aromatic heterocycles. The van der Waals surface area contributed by atoms with Crippen molar-refractivity contribution in [2.75, 3.05) is 0 Å². The first-order chi connectivity index (χ1) is 28.7. The average Bonchev–Trinajstić information content (AvgIpc) is 3.31. The lowest BCUT2D eigenvalue weighted by atomic mass is 9.63. The first-order valence-electron chi connectivity index (χ1n) is 19.2. The van der Waals surface area contributed by atoms with Crippen molar-refractivity contribution in [2.24, 2.45) is 0 Å². The maximum Gasteiger partial charge on any atom is 0.187 e. The Balaban J connectivity index is 1.07. The Kier molecular flexibility index (Phi) is 8.70. The fourth-order valence-electron chi connectivity index (χ4n) is 8.15. The summed E-state index contributed by atoms with van der Waals surface area (Å²) in [6, 6.07) is 70.6. The van der Waals surface area contributed by atoms with E-state index in [0.29, 0.717) is 23.2 Å². The molecule has 0 saturated carbocycles. The molecular weight excluding hydrogens is 709 g/mol. The van der Waals surface area contributed by atoms with Crippen LogP contribution in [0.4, 0.5) is 5.69 Å². The molecule has 0 aliphatic carbocycles. The van der Waals surface area contributed by atoms with Crippen LogP contribution in [0.25, 0.3) is 61.3 Å². The molecule has 0 spiro atoms. The highest BCUT2D eigenvalue weighted by atomic mass is 16.5. The Morgan fingerprint density at radius 2 is 0.828 bits per heavy atom. The molecule has 0 unspecified atom stereocenters. The van der Waals surface area contributed by atoms with Gasteiger partial charge in [0.05, 0.1) is 12.0 Å². The maximum absolute atomic E-state index is 7.43. The Bertz CT molecular complexity index is 2940. The lowest BCUT2D eigenvalue weighted by Crippen LogP contribution is -2.34. The Morgan fingerprint density at radius 1 is 0.362 bits per heavy atom. The highest BCUT2D eigenvalue weighted by Crippen LogP contribution is 2.55. The fraction of sp³-hybridized carbons (Fsp3) is 0.0189. The predicted molar refractivity (Wildman–Crippen MR) is 232 cm³/mol. The van der Waals surface area contributed by atoms with Gasteiger partial charge in [-0.3, -0.25) is 0 Å². The van der Waals surface area contributed by atoms with Crippen LogP contribution in [0.1, 0.15) is 22.3 Å². The van der Waals surface area contributed by atoms with Gasteiger partial charge >= 0.3 is 0 Å². The van der Waals surface area contributed by atoms with Gasteiger partial charge in [0, 0.05) is 27.8 Å². The van der Waals surface area contributed by atoms with Crippen molar-refractivity contribution in [1.29, 1.82) is 0 Å². The van der Waals surface area contributed by atoms with Gasteiger partial charge in [-0.1, -0.05) is 182 Å². The van der Waals surface area contributed by atoms with Gasteiger partial charge in [0.15, 0.2) is 23.2 Å². The summed E-state index contributed by atoms with van der Waals surface area (Å²) in [5, 5.41) is 0. The molecule has 5 nitrogen and oxygen atoms in total. The first-order valence-corrected chi connectivity index (χ1v) is 19.2. The molecule has 0 N–H and O–H groups in total. The van der Waals surface area contributed by atoms with Gasteiger partial charge in [-0.05, 0) is 57.6 Å². The summed E-state index contributed by atoms with van der Waals surface area (Å²) in [6.45, 7) is 7.43. The molecule has 0 radical (unpaired) electrons. The monoisotopic (exact) mass is 742 g/mol. The number of nitrogens with zero attached hydrogens (tertiary/aromatic N) is 4. The molecule has 1 aliphatic heterocycles. The normalized spacial score (nSPS) is 12.4. The number of ether oxygens (including phenoxy) is 1. The minimum atomic E-state index is -0.581. The quantitative estimate of drug-likeness (QED) is 0.153. The van der Waals surface area contributed by atoms with Crippen LogP contribution >= 0.6 is 0 Å². The average molecular weight is 743 g/mol. The van der Waals surface area contributed by atoms with Crippen molar-refractivity contribution < 1.29 is 4.74 Å². The highest BCUT2D eigenvalue weighted by molar-refractivity contribution is 5.77. The zero-order valence-corrected chi connectivity index (χ0v) is 31.3. The molecule has 1 aliphatic rings. The van der Waals surface area contributed by atoms with E-state index in [4.69, 9.17) is 26.3 Å². The molecule has 9 aromatic rings. The van der Waals surface area contributed by atoms with E-state index in [1.807, 2.05) is 91.0 Å². The number of para-hydroxylation sites is 1. The van der Waals surface area contributed by atoms with E-state index in [1.165, 1.54) is 11.1 Å². The van der Waals surface area contributed by atoms with Crippen LogP contribution in [-0.2, 0) is 5.41 Å². The third-order valence-corrected chi connectivity index (χ3v) is 10.9. The van der Waals surface area contributed by atoms with Crippen molar-refractivity contribution in [3.8, 4) is 67.9 Å². The van der Waals surface area contributed by atoms with E-state index in [-0.39, 0.29) is 0 Å². The molecule has 58 heavy (non-hydrogen) atoms. The lowest BCUT2D eigenvalue weighted by Gasteiger charge is -2.41. The van der Waals surface area contributed by atoms with E-state index < -0.39 is 5.41 Å². The second-order valence-electron chi connectivity index (χ2n) is 14.3. The second kappa shape index (κ2) is 14.6. The van der Waals surface area contributed by atoms with Gasteiger partial charge in [0.2, 0.25) is 0 Å². The van der Waals surface area contributed by atoms with E-state index >= 15 is 0 Å². The lowest BCUT2D eigenvalue weighted by molar-refractivity contribution is 0.435. The molecule has 0 bridgehead atoms. The molecule has 0 fully saturated rings. The summed E-state index contributed by atoms with van der Waals surface area (Å²) in [5.41, 5.74) is 11.3. The van der Waals surface area contributed by atoms with E-state index in [9.17, 15) is 0 Å². The molecule has 10 rings (SSSR count). The van der Waals surface area contributed by atoms with E-state index in [2.05, 4.69) is 120 Å². The van der Waals surface area contributed by atoms with Gasteiger partial charge in [0.25, 0.3) is 0 Å². The van der Waals surface area contributed by atoms with Crippen molar-refractivity contribution in [1.82, 2.24) is 15.0 Å². The zero-order valence-electron chi connectivity index (χ0n) is 31.3. The number of rotatable bonds is 7. The molecule has 0 atom stereocenters. The summed E-state index contributed by atoms with van der Waals surface area (Å²) in [6.07, 6.45) is 0. The third-order valence-electron chi connectivity index (χ3n) is 10.9. The van der Waals surface area contributed by atoms with E-state index in [0.717, 1.165) is 61.6 Å². The van der Waals surface area contributed by atoms with Crippen LogP contribution in [0, 0.1) is 6.57 Å². The van der Waals surface area contributed by atoms with Gasteiger partial charge < -0.3 is 4.74 Å². The van der Waals surface area contributed by atoms with Gasteiger partial charge in [-0.2, -0.15) is 0 Å². The minimum Gasteiger partial charge on any atom is -0.457 e. The zero-order chi connectivity index (χ0) is 38.9. The number of hydrogen-bond acceptors (Lipinski definition) is 4. The molecule has 2 heterocycles. The Labute approximate surface area is 337 Å². The van der Waals surface area contributed by atoms with Crippen LogP contribution in [-0.4, -0.2) is 15.0 Å². The first kappa shape index (κ1) is 34.5. The summed E-state index contributed by atoms with van der Waals surface area (Å²) in [4.78, 5) is 18.6. The van der Waals surface area contributed by atoms with Crippen molar-refractivity contribution in [2.45, 2.75) is 5.41 Å². The summed E-state index contributed by atoms with van der Waals surface area (Å²) in [7, 11) is 0. The molecular formula is C53H34N4O. The van der Waals surface area contributed by atoms with Gasteiger partial charge in [0.1, 0.15) is 11.5 Å². The molecule has 272 valence electrons. The smallest absolute Gasteiger partial charge is 0.187 e. The number of aromatic nitrogens is 3. The highest BCUT2D eigenvalue weighted by Gasteiger charge is 2.45. The second-order valence-corrected chi connectivity index (χ2v) is 14.3. The topological polar surface area (TPSA) is 52.3 Å². The van der Waals surface area contributed by atoms with Crippen molar-refractivity contribution in [3.05, 3.63) is 240 Å². The van der Waals surface area contributed by atoms with Crippen LogP contribution < -0.4 is 4.74 Å². The summed E-state index contributed by atoms with van der Waals surface area (Å²) < 4.78 is 6.78. The largest absolute Gasteiger partial charge is 0.457 e. The molecule has 0 saturated heterocycles. The maximum atomic E-state index is 7.43. The summed E-state index contributed by atoms with van der Waals surface area (Å²) >= 11 is 0. The minimum absolute atomic E-state index is 0.578. The van der Waals surface area contributed by atoms with Crippen LogP contribution in [0.15, 0.2) is 206 Å².